The molecule has 6 nitrogen and oxygen atoms in total. The molecule has 0 rings (SSSR count). The van der Waals surface area contributed by atoms with Gasteiger partial charge in [0.25, 0.3) is 0 Å². The molecule has 0 saturated heterocycles. The fourth-order valence-electron chi connectivity index (χ4n) is 11.3. The van der Waals surface area contributed by atoms with E-state index in [1.165, 1.54) is 276 Å². The van der Waals surface area contributed by atoms with E-state index in [2.05, 4.69) is 69.4 Å². The summed E-state index contributed by atoms with van der Waals surface area (Å²) >= 11 is 0. The van der Waals surface area contributed by atoms with Crippen LogP contribution in [0.4, 0.5) is 0 Å². The Labute approximate surface area is 518 Å². The van der Waals surface area contributed by atoms with Crippen LogP contribution >= 0.6 is 0 Å². The molecular formula is C77H142O6. The largest absolute Gasteiger partial charge is 0.462 e. The summed E-state index contributed by atoms with van der Waals surface area (Å²) in [7, 11) is 0. The minimum atomic E-state index is -0.775. The minimum Gasteiger partial charge on any atom is -0.462 e. The van der Waals surface area contributed by atoms with Gasteiger partial charge in [-0.05, 0) is 57.8 Å². The molecule has 0 aromatic carbocycles. The van der Waals surface area contributed by atoms with E-state index in [0.717, 1.165) is 89.9 Å². The number of hydrogen-bond acceptors (Lipinski definition) is 6. The summed E-state index contributed by atoms with van der Waals surface area (Å²) in [4.78, 5) is 38.3. The third kappa shape index (κ3) is 70.0. The summed E-state index contributed by atoms with van der Waals surface area (Å²) in [5.41, 5.74) is 0. The molecule has 0 aromatic rings. The molecule has 0 fully saturated rings. The fourth-order valence-corrected chi connectivity index (χ4v) is 11.3. The maximum atomic E-state index is 12.9. The van der Waals surface area contributed by atoms with E-state index in [1.54, 1.807) is 0 Å². The van der Waals surface area contributed by atoms with Crippen LogP contribution in [-0.2, 0) is 28.6 Å². The Balaban J connectivity index is 4.05. The zero-order valence-electron chi connectivity index (χ0n) is 56.0. The highest BCUT2D eigenvalue weighted by Gasteiger charge is 2.20. The predicted molar refractivity (Wildman–Crippen MR) is 362 cm³/mol. The summed E-state index contributed by atoms with van der Waals surface area (Å²) in [6.45, 7) is 6.58. The van der Waals surface area contributed by atoms with Crippen LogP contribution in [0.15, 0.2) is 48.6 Å². The molecule has 83 heavy (non-hydrogen) atoms. The van der Waals surface area contributed by atoms with Crippen molar-refractivity contribution in [1.82, 2.24) is 0 Å². The van der Waals surface area contributed by atoms with Gasteiger partial charge in [0.2, 0.25) is 0 Å². The summed E-state index contributed by atoms with van der Waals surface area (Å²) in [6, 6.07) is 0. The first-order valence-corrected chi connectivity index (χ1v) is 37.1. The van der Waals surface area contributed by atoms with Gasteiger partial charge in [0.15, 0.2) is 6.10 Å². The van der Waals surface area contributed by atoms with Crippen molar-refractivity contribution < 1.29 is 28.6 Å². The standard InChI is InChI=1S/C77H142O6/c1-4-7-10-13-16-19-22-24-26-28-30-32-33-34-35-36-37-38-39-40-41-42-43-44-46-47-49-51-53-55-58-61-64-67-70-76(79)82-73-74(72-81-75(78)69-66-63-60-57-21-18-15-12-9-6-3)83-77(80)71-68-65-62-59-56-54-52-50-48-45-31-29-27-25-23-20-17-14-11-8-5-2/h8,11,17,20,25,27,31,45,74H,4-7,9-10,12-16,18-19,21-24,26,28-30,32-44,46-73H2,1-3H3/b11-8-,20-17-,27-25-,45-31-. The number of allylic oxidation sites excluding steroid dienone is 8. The van der Waals surface area contributed by atoms with Gasteiger partial charge in [0, 0.05) is 19.3 Å². The first kappa shape index (κ1) is 80.4. The molecule has 1 atom stereocenters. The molecule has 1 unspecified atom stereocenters. The third-order valence-electron chi connectivity index (χ3n) is 16.8. The van der Waals surface area contributed by atoms with Crippen LogP contribution in [0.1, 0.15) is 406 Å². The van der Waals surface area contributed by atoms with Gasteiger partial charge < -0.3 is 14.2 Å². The molecule has 0 heterocycles. The zero-order chi connectivity index (χ0) is 59.9. The molecule has 0 saturated carbocycles. The van der Waals surface area contributed by atoms with Crippen molar-refractivity contribution >= 4 is 17.9 Å². The highest BCUT2D eigenvalue weighted by atomic mass is 16.6. The summed E-state index contributed by atoms with van der Waals surface area (Å²) in [6.07, 6.45) is 91.8. The van der Waals surface area contributed by atoms with Crippen molar-refractivity contribution in [3.8, 4) is 0 Å². The number of carbonyl (C=O) groups is 3. The Kier molecular flexibility index (Phi) is 69.6. The minimum absolute atomic E-state index is 0.0714. The van der Waals surface area contributed by atoms with Crippen molar-refractivity contribution in [2.45, 2.75) is 412 Å². The van der Waals surface area contributed by atoms with Crippen LogP contribution in [0.25, 0.3) is 0 Å². The summed E-state index contributed by atoms with van der Waals surface area (Å²) in [5.74, 6) is -0.856. The normalized spacial score (nSPS) is 12.3. The van der Waals surface area contributed by atoms with E-state index in [9.17, 15) is 14.4 Å². The molecule has 0 amide bonds. The Morgan fingerprint density at radius 1 is 0.253 bits per heavy atom. The number of carbonyl (C=O) groups excluding carboxylic acids is 3. The van der Waals surface area contributed by atoms with E-state index in [-0.39, 0.29) is 31.1 Å². The number of esters is 3. The molecule has 0 aromatic heterocycles. The molecule has 0 aliphatic rings. The van der Waals surface area contributed by atoms with Gasteiger partial charge in [-0.3, -0.25) is 14.4 Å². The van der Waals surface area contributed by atoms with Crippen LogP contribution in [0.2, 0.25) is 0 Å². The highest BCUT2D eigenvalue weighted by molar-refractivity contribution is 5.71. The Morgan fingerprint density at radius 2 is 0.470 bits per heavy atom. The number of unbranched alkanes of at least 4 members (excludes halogenated alkanes) is 50. The lowest BCUT2D eigenvalue weighted by Crippen LogP contribution is -2.30. The van der Waals surface area contributed by atoms with Gasteiger partial charge in [-0.2, -0.15) is 0 Å². The average molecular weight is 1160 g/mol. The van der Waals surface area contributed by atoms with Gasteiger partial charge in [-0.15, -0.1) is 0 Å². The maximum absolute atomic E-state index is 12.9. The van der Waals surface area contributed by atoms with E-state index in [0.29, 0.717) is 19.3 Å². The Hall–Kier alpha value is -2.63. The van der Waals surface area contributed by atoms with Crippen molar-refractivity contribution in [3.63, 3.8) is 0 Å². The maximum Gasteiger partial charge on any atom is 0.306 e. The molecule has 0 aliphatic heterocycles. The van der Waals surface area contributed by atoms with Gasteiger partial charge >= 0.3 is 17.9 Å². The van der Waals surface area contributed by atoms with E-state index < -0.39 is 6.10 Å². The van der Waals surface area contributed by atoms with Crippen LogP contribution in [0.5, 0.6) is 0 Å². The average Bonchev–Trinajstić information content (AvgIpc) is 3.49. The monoisotopic (exact) mass is 1160 g/mol. The fraction of sp³-hybridized carbons (Fsp3) is 0.857. The lowest BCUT2D eigenvalue weighted by atomic mass is 10.0. The van der Waals surface area contributed by atoms with E-state index >= 15 is 0 Å². The molecular weight excluding hydrogens is 1020 g/mol. The molecule has 6 heteroatoms. The van der Waals surface area contributed by atoms with Crippen molar-refractivity contribution in [2.24, 2.45) is 0 Å². The lowest BCUT2D eigenvalue weighted by Gasteiger charge is -2.18. The second-order valence-electron chi connectivity index (χ2n) is 25.2. The molecule has 0 spiro atoms. The van der Waals surface area contributed by atoms with Gasteiger partial charge in [0.05, 0.1) is 0 Å². The van der Waals surface area contributed by atoms with Crippen LogP contribution in [0, 0.1) is 0 Å². The Morgan fingerprint density at radius 3 is 0.735 bits per heavy atom. The first-order chi connectivity index (χ1) is 41.0. The quantitative estimate of drug-likeness (QED) is 0.0261. The van der Waals surface area contributed by atoms with Crippen LogP contribution < -0.4 is 0 Å². The number of ether oxygens (including phenoxy) is 3. The van der Waals surface area contributed by atoms with Gasteiger partial charge in [-0.1, -0.05) is 378 Å². The smallest absolute Gasteiger partial charge is 0.306 e. The molecule has 486 valence electrons. The van der Waals surface area contributed by atoms with E-state index in [1.807, 2.05) is 0 Å². The Bertz CT molecular complexity index is 1430. The lowest BCUT2D eigenvalue weighted by molar-refractivity contribution is -0.167. The van der Waals surface area contributed by atoms with Crippen molar-refractivity contribution in [3.05, 3.63) is 48.6 Å². The topological polar surface area (TPSA) is 78.9 Å². The second-order valence-corrected chi connectivity index (χ2v) is 25.2. The number of rotatable bonds is 69. The molecule has 0 bridgehead atoms. The van der Waals surface area contributed by atoms with Crippen LogP contribution in [-0.4, -0.2) is 37.2 Å². The molecule has 0 N–H and O–H groups in total. The predicted octanol–water partition coefficient (Wildman–Crippen LogP) is 25.7. The third-order valence-corrected chi connectivity index (χ3v) is 16.8. The second kappa shape index (κ2) is 71.8. The highest BCUT2D eigenvalue weighted by Crippen LogP contribution is 2.19. The van der Waals surface area contributed by atoms with Gasteiger partial charge in [0.1, 0.15) is 13.2 Å². The van der Waals surface area contributed by atoms with Crippen molar-refractivity contribution in [1.29, 1.82) is 0 Å². The summed E-state index contributed by atoms with van der Waals surface area (Å²) in [5, 5.41) is 0. The van der Waals surface area contributed by atoms with Crippen LogP contribution in [0.3, 0.4) is 0 Å². The SMILES string of the molecule is CC/C=C\C/C=C\C/C=C\C/C=C\CCCCCCCCCCC(=O)OC(COC(=O)CCCCCCCCCCCC)COC(=O)CCCCCCCCCCCCCCCCCCCCCCCCCCCCCCCCCCCC. The summed E-state index contributed by atoms with van der Waals surface area (Å²) < 4.78 is 17.0. The molecule has 0 aliphatic carbocycles. The van der Waals surface area contributed by atoms with Gasteiger partial charge in [-0.25, -0.2) is 0 Å². The first-order valence-electron chi connectivity index (χ1n) is 37.1. The van der Waals surface area contributed by atoms with E-state index in [4.69, 9.17) is 14.2 Å². The molecule has 0 radical (unpaired) electrons. The number of hydrogen-bond donors (Lipinski definition) is 0. The zero-order valence-corrected chi connectivity index (χ0v) is 56.0. The van der Waals surface area contributed by atoms with Crippen molar-refractivity contribution in [2.75, 3.05) is 13.2 Å².